The highest BCUT2D eigenvalue weighted by Gasteiger charge is 2.32. The van der Waals surface area contributed by atoms with Crippen LogP contribution in [0.3, 0.4) is 0 Å². The number of ketones is 1. The number of benzene rings is 2. The van der Waals surface area contributed by atoms with Crippen molar-refractivity contribution in [3.63, 3.8) is 0 Å². The van der Waals surface area contributed by atoms with Crippen LogP contribution < -0.4 is 0 Å². The van der Waals surface area contributed by atoms with Crippen LogP contribution in [-0.2, 0) is 9.53 Å². The third kappa shape index (κ3) is 3.25. The van der Waals surface area contributed by atoms with Crippen molar-refractivity contribution >= 4 is 11.8 Å². The topological polar surface area (TPSA) is 43.4 Å². The van der Waals surface area contributed by atoms with Crippen LogP contribution in [-0.4, -0.2) is 17.9 Å². The van der Waals surface area contributed by atoms with E-state index in [4.69, 9.17) is 4.74 Å². The fourth-order valence-electron chi connectivity index (χ4n) is 2.90. The fraction of sp³-hybridized carbons (Fsp3) is 0.263. The van der Waals surface area contributed by atoms with Gasteiger partial charge in [-0.25, -0.2) is 4.79 Å². The quantitative estimate of drug-likeness (QED) is 0.810. The third-order valence-corrected chi connectivity index (χ3v) is 4.13. The second kappa shape index (κ2) is 6.56. The molecule has 1 aliphatic rings. The van der Waals surface area contributed by atoms with Gasteiger partial charge in [-0.05, 0) is 36.5 Å². The van der Waals surface area contributed by atoms with Gasteiger partial charge in [0.15, 0.2) is 11.9 Å². The Kier molecular flexibility index (Phi) is 4.33. The maximum Gasteiger partial charge on any atom is 0.338 e. The van der Waals surface area contributed by atoms with Crippen LogP contribution >= 0.6 is 0 Å². The van der Waals surface area contributed by atoms with E-state index in [1.165, 1.54) is 5.56 Å². The molecule has 0 unspecified atom stereocenters. The summed E-state index contributed by atoms with van der Waals surface area (Å²) in [5, 5.41) is 0. The molecule has 0 bridgehead atoms. The first-order valence-electron chi connectivity index (χ1n) is 7.58. The van der Waals surface area contributed by atoms with Gasteiger partial charge in [-0.2, -0.15) is 0 Å². The van der Waals surface area contributed by atoms with Gasteiger partial charge in [-0.15, -0.1) is 0 Å². The molecule has 3 heteroatoms. The van der Waals surface area contributed by atoms with Gasteiger partial charge in [-0.1, -0.05) is 48.5 Å². The lowest BCUT2D eigenvalue weighted by atomic mass is 9.82. The summed E-state index contributed by atoms with van der Waals surface area (Å²) in [6.45, 7) is 0. The van der Waals surface area contributed by atoms with Crippen molar-refractivity contribution in [3.8, 4) is 0 Å². The maximum absolute atomic E-state index is 12.1. The van der Waals surface area contributed by atoms with Crippen molar-refractivity contribution in [2.24, 2.45) is 0 Å². The van der Waals surface area contributed by atoms with Crippen molar-refractivity contribution in [1.82, 2.24) is 0 Å². The van der Waals surface area contributed by atoms with Crippen LogP contribution in [0.25, 0.3) is 0 Å². The molecular weight excluding hydrogens is 276 g/mol. The Labute approximate surface area is 129 Å². The Bertz CT molecular complexity index is 649. The summed E-state index contributed by atoms with van der Waals surface area (Å²) in [4.78, 5) is 24.2. The molecule has 0 aromatic heterocycles. The zero-order chi connectivity index (χ0) is 15.4. The lowest BCUT2D eigenvalue weighted by Crippen LogP contribution is -2.33. The van der Waals surface area contributed by atoms with Crippen molar-refractivity contribution < 1.29 is 14.3 Å². The van der Waals surface area contributed by atoms with Gasteiger partial charge < -0.3 is 4.74 Å². The molecule has 0 radical (unpaired) electrons. The summed E-state index contributed by atoms with van der Waals surface area (Å²) in [7, 11) is 0. The summed E-state index contributed by atoms with van der Waals surface area (Å²) in [5.41, 5.74) is 1.69. The standard InChI is InChI=1S/C19H18O3/c20-17-12-11-16(14-7-3-1-4-8-14)13-18(17)22-19(21)15-9-5-2-6-10-15/h1-10,16,18H,11-13H2/t16-,18+/m0/s1. The Hall–Kier alpha value is -2.42. The smallest absolute Gasteiger partial charge is 0.338 e. The largest absolute Gasteiger partial charge is 0.451 e. The molecule has 3 rings (SSSR count). The van der Waals surface area contributed by atoms with Crippen molar-refractivity contribution in [3.05, 3.63) is 71.8 Å². The molecule has 112 valence electrons. The number of ether oxygens (including phenoxy) is 1. The maximum atomic E-state index is 12.1. The summed E-state index contributed by atoms with van der Waals surface area (Å²) in [6, 6.07) is 18.9. The molecule has 1 aliphatic carbocycles. The minimum Gasteiger partial charge on any atom is -0.451 e. The van der Waals surface area contributed by atoms with Crippen LogP contribution in [0.5, 0.6) is 0 Å². The van der Waals surface area contributed by atoms with E-state index < -0.39 is 12.1 Å². The molecule has 1 saturated carbocycles. The average molecular weight is 294 g/mol. The number of esters is 1. The molecule has 22 heavy (non-hydrogen) atoms. The molecule has 0 spiro atoms. The van der Waals surface area contributed by atoms with E-state index in [2.05, 4.69) is 12.1 Å². The fourth-order valence-corrected chi connectivity index (χ4v) is 2.90. The summed E-state index contributed by atoms with van der Waals surface area (Å²) < 4.78 is 5.45. The number of carbonyl (C=O) groups excluding carboxylic acids is 2. The lowest BCUT2D eigenvalue weighted by Gasteiger charge is -2.28. The van der Waals surface area contributed by atoms with Crippen molar-refractivity contribution in [1.29, 1.82) is 0 Å². The highest BCUT2D eigenvalue weighted by Crippen LogP contribution is 2.32. The predicted molar refractivity (Wildman–Crippen MR) is 83.7 cm³/mol. The zero-order valence-electron chi connectivity index (χ0n) is 12.3. The first-order chi connectivity index (χ1) is 10.7. The Morgan fingerprint density at radius 2 is 1.59 bits per heavy atom. The summed E-state index contributed by atoms with van der Waals surface area (Å²) in [6.07, 6.45) is 1.22. The lowest BCUT2D eigenvalue weighted by molar-refractivity contribution is -0.130. The van der Waals surface area contributed by atoms with Gasteiger partial charge in [0, 0.05) is 6.42 Å². The average Bonchev–Trinajstić information content (AvgIpc) is 2.58. The van der Waals surface area contributed by atoms with E-state index in [9.17, 15) is 9.59 Å². The van der Waals surface area contributed by atoms with Gasteiger partial charge in [-0.3, -0.25) is 4.79 Å². The van der Waals surface area contributed by atoms with E-state index >= 15 is 0 Å². The number of Topliss-reactive ketones (excluding diaryl/α,β-unsaturated/α-hetero) is 1. The van der Waals surface area contributed by atoms with Crippen LogP contribution in [0.2, 0.25) is 0 Å². The SMILES string of the molecule is O=C(O[C@@H]1C[C@@H](c2ccccc2)CCC1=O)c1ccccc1. The Balaban J connectivity index is 1.70. The second-order valence-electron chi connectivity index (χ2n) is 5.61. The molecule has 0 aliphatic heterocycles. The van der Waals surface area contributed by atoms with Gasteiger partial charge in [0.25, 0.3) is 0 Å². The Morgan fingerprint density at radius 3 is 2.27 bits per heavy atom. The zero-order valence-corrected chi connectivity index (χ0v) is 12.3. The van der Waals surface area contributed by atoms with Gasteiger partial charge in [0.2, 0.25) is 0 Å². The first kappa shape index (κ1) is 14.5. The molecule has 2 aromatic rings. The number of rotatable bonds is 3. The third-order valence-electron chi connectivity index (χ3n) is 4.13. The summed E-state index contributed by atoms with van der Waals surface area (Å²) >= 11 is 0. The Morgan fingerprint density at radius 1 is 0.955 bits per heavy atom. The molecule has 0 saturated heterocycles. The second-order valence-corrected chi connectivity index (χ2v) is 5.61. The molecule has 2 atom stereocenters. The minimum atomic E-state index is -0.633. The molecule has 0 heterocycles. The van der Waals surface area contributed by atoms with Gasteiger partial charge in [0.1, 0.15) is 0 Å². The van der Waals surface area contributed by atoms with Crippen LogP contribution in [0.4, 0.5) is 0 Å². The summed E-state index contributed by atoms with van der Waals surface area (Å²) in [5.74, 6) is -0.128. The molecule has 2 aromatic carbocycles. The predicted octanol–water partition coefficient (Wildman–Crippen LogP) is 3.75. The van der Waals surface area contributed by atoms with E-state index in [-0.39, 0.29) is 11.7 Å². The molecular formula is C19H18O3. The highest BCUT2D eigenvalue weighted by molar-refractivity contribution is 5.93. The molecule has 3 nitrogen and oxygen atoms in total. The number of carbonyl (C=O) groups is 2. The molecule has 0 N–H and O–H groups in total. The first-order valence-corrected chi connectivity index (χ1v) is 7.58. The van der Waals surface area contributed by atoms with Crippen molar-refractivity contribution in [2.75, 3.05) is 0 Å². The van der Waals surface area contributed by atoms with Gasteiger partial charge in [0.05, 0.1) is 5.56 Å². The van der Waals surface area contributed by atoms with E-state index in [1.807, 2.05) is 24.3 Å². The minimum absolute atomic E-state index is 0.0245. The van der Waals surface area contributed by atoms with E-state index in [0.29, 0.717) is 18.4 Å². The number of hydrogen-bond acceptors (Lipinski definition) is 3. The van der Waals surface area contributed by atoms with E-state index in [1.54, 1.807) is 24.3 Å². The van der Waals surface area contributed by atoms with Crippen molar-refractivity contribution in [2.45, 2.75) is 31.3 Å². The molecule has 0 amide bonds. The highest BCUT2D eigenvalue weighted by atomic mass is 16.5. The van der Waals surface area contributed by atoms with Gasteiger partial charge >= 0.3 is 5.97 Å². The van der Waals surface area contributed by atoms with Crippen LogP contribution in [0.1, 0.15) is 41.1 Å². The van der Waals surface area contributed by atoms with E-state index in [0.717, 1.165) is 6.42 Å². The van der Waals surface area contributed by atoms with Crippen LogP contribution in [0, 0.1) is 0 Å². The number of hydrogen-bond donors (Lipinski definition) is 0. The monoisotopic (exact) mass is 294 g/mol. The normalized spacial score (nSPS) is 21.4. The molecule has 1 fully saturated rings. The van der Waals surface area contributed by atoms with Crippen LogP contribution in [0.15, 0.2) is 60.7 Å².